The van der Waals surface area contributed by atoms with Gasteiger partial charge in [0.05, 0.1) is 22.3 Å². The number of aromatic carboxylic acids is 2. The molecule has 0 fully saturated rings. The van der Waals surface area contributed by atoms with E-state index in [0.29, 0.717) is 23.0 Å². The summed E-state index contributed by atoms with van der Waals surface area (Å²) in [6.07, 6.45) is 0. The van der Waals surface area contributed by atoms with Crippen molar-refractivity contribution in [2.45, 2.75) is 0 Å². The Kier molecular flexibility index (Phi) is 7.25. The quantitative estimate of drug-likeness (QED) is 0.233. The maximum atomic E-state index is 12.4. The van der Waals surface area contributed by atoms with E-state index in [1.54, 1.807) is 0 Å². The third kappa shape index (κ3) is 6.37. The molecule has 0 aliphatic carbocycles. The first-order valence-corrected chi connectivity index (χ1v) is 10.8. The van der Waals surface area contributed by atoms with Crippen LogP contribution in [0.15, 0.2) is 97.1 Å². The van der Waals surface area contributed by atoms with Gasteiger partial charge in [-0.1, -0.05) is 0 Å². The first kappa shape index (κ1) is 24.7. The Bertz CT molecular complexity index is 1330. The number of carboxylic acids is 2. The fourth-order valence-corrected chi connectivity index (χ4v) is 3.12. The van der Waals surface area contributed by atoms with Gasteiger partial charge in [0, 0.05) is 0 Å². The monoisotopic (exact) mass is 498 g/mol. The summed E-state index contributed by atoms with van der Waals surface area (Å²) >= 11 is 0. The molecule has 4 aromatic rings. The molecule has 0 saturated heterocycles. The van der Waals surface area contributed by atoms with E-state index in [0.717, 1.165) is 0 Å². The van der Waals surface area contributed by atoms with Gasteiger partial charge in [-0.2, -0.15) is 0 Å². The van der Waals surface area contributed by atoms with Crippen LogP contribution in [0, 0.1) is 0 Å². The first-order chi connectivity index (χ1) is 17.8. The zero-order valence-corrected chi connectivity index (χ0v) is 19.0. The highest BCUT2D eigenvalue weighted by Gasteiger charge is 2.15. The summed E-state index contributed by atoms with van der Waals surface area (Å²) in [6.45, 7) is 0. The molecule has 0 spiro atoms. The fourth-order valence-electron chi connectivity index (χ4n) is 3.12. The molecule has 0 atom stereocenters. The second kappa shape index (κ2) is 10.9. The molecule has 0 aliphatic heterocycles. The van der Waals surface area contributed by atoms with Crippen molar-refractivity contribution in [1.29, 1.82) is 0 Å². The molecular weight excluding hydrogens is 480 g/mol. The molecule has 184 valence electrons. The lowest BCUT2D eigenvalue weighted by molar-refractivity contribution is 0.0396. The molecule has 4 aromatic carbocycles. The van der Waals surface area contributed by atoms with Crippen molar-refractivity contribution < 1.29 is 43.6 Å². The Labute approximate surface area is 210 Å². The normalized spacial score (nSPS) is 10.3. The van der Waals surface area contributed by atoms with E-state index < -0.39 is 23.9 Å². The lowest BCUT2D eigenvalue weighted by Gasteiger charge is -2.08. The number of rotatable bonds is 8. The third-order valence-corrected chi connectivity index (χ3v) is 5.04. The van der Waals surface area contributed by atoms with Crippen LogP contribution in [-0.4, -0.2) is 34.1 Å². The molecule has 4 rings (SSSR count). The summed E-state index contributed by atoms with van der Waals surface area (Å²) < 4.78 is 16.2. The summed E-state index contributed by atoms with van der Waals surface area (Å²) in [5.41, 5.74) is 0.521. The van der Waals surface area contributed by atoms with Crippen LogP contribution in [0.5, 0.6) is 23.0 Å². The number of hydrogen-bond acceptors (Lipinski definition) is 7. The molecule has 0 amide bonds. The van der Waals surface area contributed by atoms with Gasteiger partial charge in [0.1, 0.15) is 23.0 Å². The maximum Gasteiger partial charge on any atom is 0.346 e. The van der Waals surface area contributed by atoms with Crippen molar-refractivity contribution in [2.24, 2.45) is 0 Å². The highest BCUT2D eigenvalue weighted by atomic mass is 16.6. The number of esters is 2. The topological polar surface area (TPSA) is 136 Å². The highest BCUT2D eigenvalue weighted by molar-refractivity contribution is 6.02. The van der Waals surface area contributed by atoms with E-state index in [-0.39, 0.29) is 22.3 Å². The number of ether oxygens (including phenoxy) is 3. The van der Waals surface area contributed by atoms with E-state index >= 15 is 0 Å². The number of benzene rings is 4. The van der Waals surface area contributed by atoms with Gasteiger partial charge in [0.25, 0.3) is 0 Å². The summed E-state index contributed by atoms with van der Waals surface area (Å²) in [7, 11) is 0. The predicted octanol–water partition coefficient (Wildman–Crippen LogP) is 5.66. The summed E-state index contributed by atoms with van der Waals surface area (Å²) in [5, 5.41) is 17.9. The Morgan fingerprint density at radius 1 is 0.405 bits per heavy atom. The zero-order chi connectivity index (χ0) is 26.4. The van der Waals surface area contributed by atoms with Crippen molar-refractivity contribution in [2.75, 3.05) is 0 Å². The molecule has 37 heavy (non-hydrogen) atoms. The molecule has 9 heteroatoms. The molecule has 2 N–H and O–H groups in total. The molecule has 0 aliphatic rings. The predicted molar refractivity (Wildman–Crippen MR) is 130 cm³/mol. The number of carboxylic acid groups (broad SMARTS) is 2. The van der Waals surface area contributed by atoms with Crippen LogP contribution in [-0.2, 0) is 4.74 Å². The third-order valence-electron chi connectivity index (χ3n) is 5.04. The van der Waals surface area contributed by atoms with Gasteiger partial charge in [-0.15, -0.1) is 0 Å². The standard InChI is InChI=1S/C28H18O9/c29-25(30)17-1-9-21(10-2-17)35-23-13-5-19(6-14-23)27(33)37-28(34)20-7-15-24(16-8-20)36-22-11-3-18(4-12-22)26(31)32/h1-16H,(H,29,30)(H,31,32). The van der Waals surface area contributed by atoms with Crippen LogP contribution in [0.25, 0.3) is 0 Å². The zero-order valence-electron chi connectivity index (χ0n) is 19.0. The van der Waals surface area contributed by atoms with Crippen LogP contribution in [0.3, 0.4) is 0 Å². The molecule has 0 aromatic heterocycles. The van der Waals surface area contributed by atoms with Crippen LogP contribution >= 0.6 is 0 Å². The Morgan fingerprint density at radius 2 is 0.649 bits per heavy atom. The lowest BCUT2D eigenvalue weighted by Crippen LogP contribution is -2.12. The smallest absolute Gasteiger partial charge is 0.346 e. The summed E-state index contributed by atoms with van der Waals surface area (Å²) in [6, 6.07) is 23.5. The molecule has 0 radical (unpaired) electrons. The minimum Gasteiger partial charge on any atom is -0.478 e. The minimum atomic E-state index is -1.04. The SMILES string of the molecule is O=C(O)c1ccc(Oc2ccc(C(=O)OC(=O)c3ccc(Oc4ccc(C(=O)O)cc4)cc3)cc2)cc1. The average Bonchev–Trinajstić information content (AvgIpc) is 2.90. The van der Waals surface area contributed by atoms with Crippen molar-refractivity contribution in [3.05, 3.63) is 119 Å². The van der Waals surface area contributed by atoms with E-state index in [2.05, 4.69) is 0 Å². The fraction of sp³-hybridized carbons (Fsp3) is 0. The van der Waals surface area contributed by atoms with E-state index in [1.807, 2.05) is 0 Å². The summed E-state index contributed by atoms with van der Waals surface area (Å²) in [5.74, 6) is -2.14. The molecule has 0 saturated carbocycles. The number of carbonyl (C=O) groups excluding carboxylic acids is 2. The minimum absolute atomic E-state index is 0.129. The molecule has 0 unspecified atom stereocenters. The number of hydrogen-bond donors (Lipinski definition) is 2. The molecular formula is C28H18O9. The largest absolute Gasteiger partial charge is 0.478 e. The lowest BCUT2D eigenvalue weighted by atomic mass is 10.2. The van der Waals surface area contributed by atoms with Crippen molar-refractivity contribution in [3.8, 4) is 23.0 Å². The Balaban J connectivity index is 1.32. The Hall–Kier alpha value is -5.44. The van der Waals surface area contributed by atoms with Gasteiger partial charge in [0.15, 0.2) is 0 Å². The average molecular weight is 498 g/mol. The number of carbonyl (C=O) groups is 4. The maximum absolute atomic E-state index is 12.4. The van der Waals surface area contributed by atoms with Gasteiger partial charge < -0.3 is 24.4 Å². The van der Waals surface area contributed by atoms with Gasteiger partial charge >= 0.3 is 23.9 Å². The molecule has 9 nitrogen and oxygen atoms in total. The summed E-state index contributed by atoms with van der Waals surface area (Å²) in [4.78, 5) is 46.6. The van der Waals surface area contributed by atoms with Gasteiger partial charge in [-0.25, -0.2) is 19.2 Å². The highest BCUT2D eigenvalue weighted by Crippen LogP contribution is 2.24. The van der Waals surface area contributed by atoms with Crippen LogP contribution < -0.4 is 9.47 Å². The Morgan fingerprint density at radius 3 is 0.892 bits per heavy atom. The molecule has 0 heterocycles. The van der Waals surface area contributed by atoms with Gasteiger partial charge in [-0.3, -0.25) is 0 Å². The van der Waals surface area contributed by atoms with Crippen LogP contribution in [0.4, 0.5) is 0 Å². The van der Waals surface area contributed by atoms with Gasteiger partial charge in [0.2, 0.25) is 0 Å². The first-order valence-electron chi connectivity index (χ1n) is 10.8. The second-order valence-electron chi connectivity index (χ2n) is 7.59. The van der Waals surface area contributed by atoms with Crippen molar-refractivity contribution >= 4 is 23.9 Å². The van der Waals surface area contributed by atoms with Crippen molar-refractivity contribution in [1.82, 2.24) is 0 Å². The van der Waals surface area contributed by atoms with E-state index in [4.69, 9.17) is 24.4 Å². The van der Waals surface area contributed by atoms with Crippen LogP contribution in [0.2, 0.25) is 0 Å². The second-order valence-corrected chi connectivity index (χ2v) is 7.59. The van der Waals surface area contributed by atoms with Crippen LogP contribution in [0.1, 0.15) is 41.4 Å². The van der Waals surface area contributed by atoms with E-state index in [1.165, 1.54) is 97.1 Å². The van der Waals surface area contributed by atoms with E-state index in [9.17, 15) is 19.2 Å². The van der Waals surface area contributed by atoms with Gasteiger partial charge in [-0.05, 0) is 97.1 Å². The van der Waals surface area contributed by atoms with Crippen molar-refractivity contribution in [3.63, 3.8) is 0 Å². The molecule has 0 bridgehead atoms.